The lowest BCUT2D eigenvalue weighted by atomic mass is 10.1. The quantitative estimate of drug-likeness (QED) is 0.763. The number of benzene rings is 2. The highest BCUT2D eigenvalue weighted by molar-refractivity contribution is 6.31. The van der Waals surface area contributed by atoms with Gasteiger partial charge in [0, 0.05) is 43.4 Å². The van der Waals surface area contributed by atoms with E-state index in [9.17, 15) is 0 Å². The highest BCUT2D eigenvalue weighted by Crippen LogP contribution is 2.24. The number of rotatable bonds is 3. The van der Waals surface area contributed by atoms with Crippen molar-refractivity contribution in [1.29, 1.82) is 0 Å². The van der Waals surface area contributed by atoms with Crippen LogP contribution in [0.5, 0.6) is 0 Å². The highest BCUT2D eigenvalue weighted by atomic mass is 35.5. The summed E-state index contributed by atoms with van der Waals surface area (Å²) in [5.74, 6) is -3.65. The topological polar surface area (TPSA) is 81.1 Å². The first-order valence-corrected chi connectivity index (χ1v) is 9.40. The summed E-state index contributed by atoms with van der Waals surface area (Å²) in [7, 11) is 0. The van der Waals surface area contributed by atoms with Crippen LogP contribution in [0.25, 0.3) is 0 Å². The van der Waals surface area contributed by atoms with Crippen LogP contribution in [-0.4, -0.2) is 53.2 Å². The molecule has 0 saturated carbocycles. The van der Waals surface area contributed by atoms with Crippen molar-refractivity contribution in [3.8, 4) is 0 Å². The molecule has 0 radical (unpaired) electrons. The Labute approximate surface area is 170 Å². The van der Waals surface area contributed by atoms with Gasteiger partial charge in [0.25, 0.3) is 0 Å². The number of hydrogen-bond acceptors (Lipinski definition) is 4. The van der Waals surface area contributed by atoms with Crippen LogP contribution in [0.4, 0.5) is 5.69 Å². The van der Waals surface area contributed by atoms with E-state index in [1.165, 1.54) is 22.4 Å². The second-order valence-corrected chi connectivity index (χ2v) is 7.09. The number of hydrogen-bond donors (Lipinski definition) is 2. The molecule has 150 valence electrons. The van der Waals surface area contributed by atoms with Gasteiger partial charge in [0.15, 0.2) is 0 Å². The monoisotopic (exact) mass is 404 g/mol. The Bertz CT molecular complexity index is 821. The molecule has 0 aromatic heterocycles. The summed E-state index contributed by atoms with van der Waals surface area (Å²) in [6.07, 6.45) is 0. The fraction of sp³-hybridized carbons (Fsp3) is 0.333. The zero-order valence-corrected chi connectivity index (χ0v) is 16.8. The Kier molecular flexibility index (Phi) is 7.84. The van der Waals surface area contributed by atoms with Crippen LogP contribution in [0.1, 0.15) is 16.7 Å². The molecule has 1 saturated heterocycles. The van der Waals surface area contributed by atoms with Gasteiger partial charge in [-0.15, -0.1) is 0 Å². The van der Waals surface area contributed by atoms with Gasteiger partial charge in [-0.3, -0.25) is 4.90 Å². The van der Waals surface area contributed by atoms with E-state index >= 15 is 0 Å². The van der Waals surface area contributed by atoms with Crippen molar-refractivity contribution in [3.05, 3.63) is 64.2 Å². The second-order valence-electron chi connectivity index (χ2n) is 6.68. The predicted octanol–water partition coefficient (Wildman–Crippen LogP) is 3.43. The van der Waals surface area contributed by atoms with Crippen LogP contribution in [0, 0.1) is 13.8 Å². The molecule has 2 N–H and O–H groups in total. The van der Waals surface area contributed by atoms with Crippen LogP contribution < -0.4 is 4.90 Å². The summed E-state index contributed by atoms with van der Waals surface area (Å²) >= 11 is 6.27. The van der Waals surface area contributed by atoms with Crippen LogP contribution >= 0.6 is 11.6 Å². The van der Waals surface area contributed by atoms with Gasteiger partial charge in [-0.25, -0.2) is 9.59 Å². The molecule has 1 aliphatic rings. The number of carbonyl (C=O) groups is 2. The number of carboxylic acid groups (broad SMARTS) is 2. The number of piperazine rings is 1. The molecule has 0 spiro atoms. The van der Waals surface area contributed by atoms with Gasteiger partial charge in [0.1, 0.15) is 0 Å². The van der Waals surface area contributed by atoms with E-state index in [1.807, 2.05) is 12.1 Å². The summed E-state index contributed by atoms with van der Waals surface area (Å²) in [4.78, 5) is 23.2. The zero-order chi connectivity index (χ0) is 20.7. The van der Waals surface area contributed by atoms with E-state index in [0.29, 0.717) is 0 Å². The Hall–Kier alpha value is -2.57. The maximum absolute atomic E-state index is 9.10. The fourth-order valence-corrected chi connectivity index (χ4v) is 3.29. The summed E-state index contributed by atoms with van der Waals surface area (Å²) in [6, 6.07) is 14.7. The van der Waals surface area contributed by atoms with Gasteiger partial charge in [-0.05, 0) is 42.7 Å². The van der Waals surface area contributed by atoms with E-state index in [-0.39, 0.29) is 0 Å². The van der Waals surface area contributed by atoms with Crippen molar-refractivity contribution in [2.75, 3.05) is 31.1 Å². The Morgan fingerprint density at radius 3 is 2.11 bits per heavy atom. The van der Waals surface area contributed by atoms with Crippen LogP contribution in [0.3, 0.4) is 0 Å². The number of carboxylic acids is 2. The molecule has 3 rings (SSSR count). The Morgan fingerprint density at radius 1 is 0.929 bits per heavy atom. The number of aliphatic carboxylic acids is 2. The number of aryl methyl sites for hydroxylation is 1. The van der Waals surface area contributed by atoms with Gasteiger partial charge in [-0.1, -0.05) is 41.9 Å². The minimum absolute atomic E-state index is 0.874. The van der Waals surface area contributed by atoms with Crippen molar-refractivity contribution in [2.24, 2.45) is 0 Å². The first kappa shape index (κ1) is 21.7. The summed E-state index contributed by atoms with van der Waals surface area (Å²) in [6.45, 7) is 9.67. The van der Waals surface area contributed by atoms with Gasteiger partial charge in [0.05, 0.1) is 0 Å². The molecule has 0 atom stereocenters. The molecule has 2 aromatic rings. The third-order valence-electron chi connectivity index (χ3n) is 4.82. The third-order valence-corrected chi connectivity index (χ3v) is 5.19. The van der Waals surface area contributed by atoms with E-state index < -0.39 is 11.9 Å². The number of anilines is 1. The summed E-state index contributed by atoms with van der Waals surface area (Å²) < 4.78 is 0. The first-order chi connectivity index (χ1) is 13.3. The van der Waals surface area contributed by atoms with Crippen LogP contribution in [-0.2, 0) is 16.1 Å². The van der Waals surface area contributed by atoms with Gasteiger partial charge in [0.2, 0.25) is 0 Å². The van der Waals surface area contributed by atoms with Gasteiger partial charge in [-0.2, -0.15) is 0 Å². The molecule has 6 nitrogen and oxygen atoms in total. The lowest BCUT2D eigenvalue weighted by Gasteiger charge is -2.37. The van der Waals surface area contributed by atoms with Crippen molar-refractivity contribution in [1.82, 2.24) is 4.90 Å². The van der Waals surface area contributed by atoms with Gasteiger partial charge < -0.3 is 15.1 Å². The number of halogens is 1. The van der Waals surface area contributed by atoms with Crippen LogP contribution in [0.2, 0.25) is 5.02 Å². The molecule has 1 aliphatic heterocycles. The molecule has 0 aliphatic carbocycles. The summed E-state index contributed by atoms with van der Waals surface area (Å²) in [5.41, 5.74) is 5.39. The average Bonchev–Trinajstić information content (AvgIpc) is 2.67. The van der Waals surface area contributed by atoms with E-state index in [0.717, 1.165) is 37.7 Å². The Morgan fingerprint density at radius 2 is 1.54 bits per heavy atom. The van der Waals surface area contributed by atoms with Crippen molar-refractivity contribution >= 4 is 29.2 Å². The minimum Gasteiger partial charge on any atom is -0.473 e. The maximum Gasteiger partial charge on any atom is 0.414 e. The normalized spacial score (nSPS) is 14.2. The van der Waals surface area contributed by atoms with E-state index in [2.05, 4.69) is 54.0 Å². The number of nitrogens with zero attached hydrogens (tertiary/aromatic N) is 2. The smallest absolute Gasteiger partial charge is 0.414 e. The SMILES string of the molecule is Cc1cccc(N2CCN(Cc3ccccc3Cl)CC2)c1C.O=C(O)C(=O)O. The molecular formula is C21H25ClN2O4. The van der Waals surface area contributed by atoms with Gasteiger partial charge >= 0.3 is 11.9 Å². The van der Waals surface area contributed by atoms with E-state index in [4.69, 9.17) is 31.4 Å². The fourth-order valence-electron chi connectivity index (χ4n) is 3.09. The molecule has 0 unspecified atom stereocenters. The zero-order valence-electron chi connectivity index (χ0n) is 16.1. The molecular weight excluding hydrogens is 380 g/mol. The standard InChI is InChI=1S/C19H23ClN2.C2H2O4/c1-15-6-5-9-19(16(15)2)22-12-10-21(11-13-22)14-17-7-3-4-8-18(17)20;3-1(4)2(5)6/h3-9H,10-14H2,1-2H3;(H,3,4)(H,5,6). The van der Waals surface area contributed by atoms with Crippen molar-refractivity contribution in [2.45, 2.75) is 20.4 Å². The maximum atomic E-state index is 9.10. The molecule has 28 heavy (non-hydrogen) atoms. The third kappa shape index (κ3) is 5.97. The molecule has 0 bridgehead atoms. The highest BCUT2D eigenvalue weighted by Gasteiger charge is 2.19. The second kappa shape index (κ2) is 10.1. The Balaban J connectivity index is 0.000000409. The van der Waals surface area contributed by atoms with Crippen molar-refractivity contribution in [3.63, 3.8) is 0 Å². The lowest BCUT2D eigenvalue weighted by molar-refractivity contribution is -0.159. The van der Waals surface area contributed by atoms with Crippen molar-refractivity contribution < 1.29 is 19.8 Å². The molecule has 1 heterocycles. The minimum atomic E-state index is -1.82. The molecule has 1 fully saturated rings. The molecule has 0 amide bonds. The largest absolute Gasteiger partial charge is 0.473 e. The first-order valence-electron chi connectivity index (χ1n) is 9.02. The van der Waals surface area contributed by atoms with E-state index in [1.54, 1.807) is 0 Å². The predicted molar refractivity (Wildman–Crippen MR) is 110 cm³/mol. The van der Waals surface area contributed by atoms with Crippen LogP contribution in [0.15, 0.2) is 42.5 Å². The molecule has 2 aromatic carbocycles. The lowest BCUT2D eigenvalue weighted by Crippen LogP contribution is -2.46. The molecule has 7 heteroatoms. The average molecular weight is 405 g/mol. The summed E-state index contributed by atoms with van der Waals surface area (Å²) in [5, 5.41) is 15.7.